The molecule has 0 aliphatic heterocycles. The van der Waals surface area contributed by atoms with Crippen molar-refractivity contribution in [2.45, 2.75) is 11.6 Å². The standard InChI is InChI=1S/C16H20N2O5S/c1-17(2)24(21,22)15-9-8-14(23-15)16(20)18(10-11-19)12-13-6-4-3-5-7-13/h3-9,19H,10-12H2,1-2H3. The second kappa shape index (κ2) is 7.61. The summed E-state index contributed by atoms with van der Waals surface area (Å²) in [6.45, 7) is 0.197. The van der Waals surface area contributed by atoms with Gasteiger partial charge in [-0.3, -0.25) is 4.79 Å². The molecule has 0 aliphatic carbocycles. The Hall–Kier alpha value is -2.16. The highest BCUT2D eigenvalue weighted by Crippen LogP contribution is 2.19. The van der Waals surface area contributed by atoms with Crippen LogP contribution in [0.4, 0.5) is 0 Å². The summed E-state index contributed by atoms with van der Waals surface area (Å²) in [6.07, 6.45) is 0. The van der Waals surface area contributed by atoms with Gasteiger partial charge in [0.1, 0.15) is 0 Å². The van der Waals surface area contributed by atoms with Crippen LogP contribution >= 0.6 is 0 Å². The highest BCUT2D eigenvalue weighted by Gasteiger charge is 2.25. The van der Waals surface area contributed by atoms with Crippen molar-refractivity contribution < 1.29 is 22.7 Å². The van der Waals surface area contributed by atoms with Crippen LogP contribution in [0.2, 0.25) is 0 Å². The number of nitrogens with zero attached hydrogens (tertiary/aromatic N) is 2. The van der Waals surface area contributed by atoms with Crippen molar-refractivity contribution in [3.63, 3.8) is 0 Å². The Kier molecular flexibility index (Phi) is 5.76. The summed E-state index contributed by atoms with van der Waals surface area (Å²) in [5.74, 6) is -0.562. The number of sulfonamides is 1. The number of rotatable bonds is 7. The van der Waals surface area contributed by atoms with E-state index in [2.05, 4.69) is 0 Å². The monoisotopic (exact) mass is 352 g/mol. The quantitative estimate of drug-likeness (QED) is 0.807. The van der Waals surface area contributed by atoms with Crippen LogP contribution in [-0.2, 0) is 16.6 Å². The van der Waals surface area contributed by atoms with Crippen molar-refractivity contribution in [3.8, 4) is 0 Å². The second-order valence-corrected chi connectivity index (χ2v) is 7.42. The molecule has 1 aromatic carbocycles. The predicted octanol–water partition coefficient (Wildman–Crippen LogP) is 1.16. The molecule has 0 atom stereocenters. The first-order valence-corrected chi connectivity index (χ1v) is 8.76. The van der Waals surface area contributed by atoms with Crippen LogP contribution in [0.25, 0.3) is 0 Å². The smallest absolute Gasteiger partial charge is 0.289 e. The maximum absolute atomic E-state index is 12.6. The van der Waals surface area contributed by atoms with Gasteiger partial charge in [-0.1, -0.05) is 30.3 Å². The van der Waals surface area contributed by atoms with Crippen molar-refractivity contribution >= 4 is 15.9 Å². The van der Waals surface area contributed by atoms with Crippen molar-refractivity contribution in [1.82, 2.24) is 9.21 Å². The molecular weight excluding hydrogens is 332 g/mol. The number of carbonyl (C=O) groups is 1. The van der Waals surface area contributed by atoms with Crippen LogP contribution in [-0.4, -0.2) is 55.9 Å². The summed E-state index contributed by atoms with van der Waals surface area (Å²) < 4.78 is 30.3. The van der Waals surface area contributed by atoms with E-state index < -0.39 is 15.9 Å². The van der Waals surface area contributed by atoms with Crippen LogP contribution in [0.5, 0.6) is 0 Å². The lowest BCUT2D eigenvalue weighted by Crippen LogP contribution is -2.32. The van der Waals surface area contributed by atoms with E-state index in [1.807, 2.05) is 30.3 Å². The molecule has 0 radical (unpaired) electrons. The van der Waals surface area contributed by atoms with E-state index in [4.69, 9.17) is 4.42 Å². The lowest BCUT2D eigenvalue weighted by molar-refractivity contribution is 0.0670. The van der Waals surface area contributed by atoms with Crippen LogP contribution in [0, 0.1) is 0 Å². The fraction of sp³-hybridized carbons (Fsp3) is 0.312. The van der Waals surface area contributed by atoms with Gasteiger partial charge in [-0.15, -0.1) is 0 Å². The first-order chi connectivity index (χ1) is 11.4. The van der Waals surface area contributed by atoms with E-state index in [-0.39, 0.29) is 30.5 Å². The van der Waals surface area contributed by atoms with E-state index in [9.17, 15) is 18.3 Å². The van der Waals surface area contributed by atoms with E-state index in [1.165, 1.54) is 31.1 Å². The molecule has 0 bridgehead atoms. The average Bonchev–Trinajstić information content (AvgIpc) is 3.05. The molecule has 2 aromatic rings. The van der Waals surface area contributed by atoms with E-state index in [1.54, 1.807) is 0 Å². The SMILES string of the molecule is CN(C)S(=O)(=O)c1ccc(C(=O)N(CCO)Cc2ccccc2)o1. The molecule has 2 rings (SSSR count). The molecule has 1 aromatic heterocycles. The lowest BCUT2D eigenvalue weighted by Gasteiger charge is -2.20. The number of carbonyl (C=O) groups excluding carboxylic acids is 1. The lowest BCUT2D eigenvalue weighted by atomic mass is 10.2. The van der Waals surface area contributed by atoms with Crippen molar-refractivity contribution in [2.75, 3.05) is 27.2 Å². The second-order valence-electron chi connectivity index (χ2n) is 5.34. The molecule has 1 amide bonds. The average molecular weight is 352 g/mol. The number of furan rings is 1. The van der Waals surface area contributed by atoms with Gasteiger partial charge in [-0.05, 0) is 17.7 Å². The first-order valence-electron chi connectivity index (χ1n) is 7.32. The van der Waals surface area contributed by atoms with Gasteiger partial charge in [0.15, 0.2) is 5.76 Å². The minimum Gasteiger partial charge on any atom is -0.438 e. The summed E-state index contributed by atoms with van der Waals surface area (Å²) in [5, 5.41) is 8.90. The Morgan fingerprint density at radius 2 is 1.79 bits per heavy atom. The maximum Gasteiger partial charge on any atom is 0.289 e. The molecule has 24 heavy (non-hydrogen) atoms. The van der Waals surface area contributed by atoms with Gasteiger partial charge >= 0.3 is 0 Å². The summed E-state index contributed by atoms with van der Waals surface area (Å²) >= 11 is 0. The molecule has 1 heterocycles. The van der Waals surface area contributed by atoms with Crippen molar-refractivity contribution in [3.05, 3.63) is 53.8 Å². The molecule has 7 nitrogen and oxygen atoms in total. The van der Waals surface area contributed by atoms with Crippen molar-refractivity contribution in [2.24, 2.45) is 0 Å². The summed E-state index contributed by atoms with van der Waals surface area (Å²) in [7, 11) is -0.976. The summed E-state index contributed by atoms with van der Waals surface area (Å²) in [6, 6.07) is 11.9. The molecule has 0 spiro atoms. The fourth-order valence-electron chi connectivity index (χ4n) is 2.09. The van der Waals surface area contributed by atoms with Gasteiger partial charge in [0.2, 0.25) is 5.09 Å². The zero-order valence-electron chi connectivity index (χ0n) is 13.5. The van der Waals surface area contributed by atoms with Crippen molar-refractivity contribution in [1.29, 1.82) is 0 Å². The molecule has 1 N–H and O–H groups in total. The number of aliphatic hydroxyl groups excluding tert-OH is 1. The van der Waals surface area contributed by atoms with Gasteiger partial charge in [-0.2, -0.15) is 0 Å². The molecule has 0 saturated heterocycles. The Bertz CT molecular complexity index is 784. The maximum atomic E-state index is 12.6. The zero-order valence-corrected chi connectivity index (χ0v) is 14.4. The van der Waals surface area contributed by atoms with Crippen LogP contribution < -0.4 is 0 Å². The highest BCUT2D eigenvalue weighted by molar-refractivity contribution is 7.88. The van der Waals surface area contributed by atoms with Gasteiger partial charge in [0.05, 0.1) is 6.61 Å². The van der Waals surface area contributed by atoms with E-state index in [0.29, 0.717) is 0 Å². The van der Waals surface area contributed by atoms with Crippen LogP contribution in [0.15, 0.2) is 52.0 Å². The molecule has 0 unspecified atom stereocenters. The molecule has 0 fully saturated rings. The van der Waals surface area contributed by atoms with Gasteiger partial charge < -0.3 is 14.4 Å². The molecule has 130 valence electrons. The van der Waals surface area contributed by atoms with Crippen LogP contribution in [0.1, 0.15) is 16.1 Å². The summed E-state index contributed by atoms with van der Waals surface area (Å²) in [4.78, 5) is 14.0. The Labute approximate surface area is 141 Å². The Morgan fingerprint density at radius 1 is 1.12 bits per heavy atom. The van der Waals surface area contributed by atoms with Gasteiger partial charge in [-0.25, -0.2) is 12.7 Å². The van der Waals surface area contributed by atoms with E-state index in [0.717, 1.165) is 9.87 Å². The Balaban J connectivity index is 2.23. The third-order valence-corrected chi connectivity index (χ3v) is 5.09. The normalized spacial score (nSPS) is 11.7. The number of hydrogen-bond donors (Lipinski definition) is 1. The minimum atomic E-state index is -3.74. The highest BCUT2D eigenvalue weighted by atomic mass is 32.2. The minimum absolute atomic E-state index is 0.0835. The number of benzene rings is 1. The van der Waals surface area contributed by atoms with Crippen LogP contribution in [0.3, 0.4) is 0 Å². The first kappa shape index (κ1) is 18.2. The van der Waals surface area contributed by atoms with E-state index >= 15 is 0 Å². The number of amides is 1. The third kappa shape index (κ3) is 4.02. The largest absolute Gasteiger partial charge is 0.438 e. The fourth-order valence-corrected chi connectivity index (χ4v) is 2.88. The van der Waals surface area contributed by atoms with Gasteiger partial charge in [0.25, 0.3) is 15.9 Å². The molecule has 8 heteroatoms. The molecular formula is C16H20N2O5S. The van der Waals surface area contributed by atoms with Gasteiger partial charge in [0, 0.05) is 27.2 Å². The number of hydrogen-bond acceptors (Lipinski definition) is 5. The predicted molar refractivity (Wildman–Crippen MR) is 87.8 cm³/mol. The number of aliphatic hydroxyl groups is 1. The molecule has 0 aliphatic rings. The third-order valence-electron chi connectivity index (χ3n) is 3.40. The Morgan fingerprint density at radius 3 is 2.38 bits per heavy atom. The molecule has 0 saturated carbocycles. The topological polar surface area (TPSA) is 91.1 Å². The zero-order chi connectivity index (χ0) is 17.7. The summed E-state index contributed by atoms with van der Waals surface area (Å²) in [5.41, 5.74) is 0.895.